The van der Waals surface area contributed by atoms with Crippen LogP contribution in [0.15, 0.2) is 24.3 Å². The second-order valence-electron chi connectivity index (χ2n) is 3.59. The lowest BCUT2D eigenvalue weighted by Crippen LogP contribution is -2.36. The number of hydrogen-bond acceptors (Lipinski definition) is 4. The molecule has 0 bridgehead atoms. The average molecular weight is 239 g/mol. The van der Waals surface area contributed by atoms with Crippen molar-refractivity contribution in [3.63, 3.8) is 0 Å². The number of nitrogens with two attached hydrogens (primary N) is 1. The predicted molar refractivity (Wildman–Crippen MR) is 59.5 cm³/mol. The highest BCUT2D eigenvalue weighted by atomic mass is 19.1. The Kier molecular flexibility index (Phi) is 4.78. The van der Waals surface area contributed by atoms with Crippen LogP contribution in [-0.4, -0.2) is 17.8 Å². The van der Waals surface area contributed by atoms with Crippen LogP contribution in [0.2, 0.25) is 0 Å². The molecule has 17 heavy (non-hydrogen) atoms. The molecule has 92 valence electrons. The molecule has 0 aliphatic carbocycles. The molecular formula is C12H14FNO3. The third kappa shape index (κ3) is 3.96. The van der Waals surface area contributed by atoms with E-state index in [0.29, 0.717) is 12.0 Å². The average Bonchev–Trinajstić information content (AvgIpc) is 2.34. The molecule has 0 saturated carbocycles. The molecular weight excluding hydrogens is 225 g/mol. The number of esters is 1. The molecule has 0 aromatic heterocycles. The summed E-state index contributed by atoms with van der Waals surface area (Å²) >= 11 is 0. The van der Waals surface area contributed by atoms with Crippen molar-refractivity contribution in [3.05, 3.63) is 35.6 Å². The lowest BCUT2D eigenvalue weighted by Gasteiger charge is -2.07. The number of halogens is 1. The lowest BCUT2D eigenvalue weighted by atomic mass is 10.1. The van der Waals surface area contributed by atoms with E-state index in [-0.39, 0.29) is 6.61 Å². The van der Waals surface area contributed by atoms with Gasteiger partial charge in [0, 0.05) is 0 Å². The number of carbonyl (C=O) groups is 2. The number of hydrogen-bond donors (Lipinski definition) is 1. The Balaban J connectivity index is 2.51. The van der Waals surface area contributed by atoms with Crippen molar-refractivity contribution in [1.29, 1.82) is 0 Å². The van der Waals surface area contributed by atoms with E-state index in [9.17, 15) is 14.0 Å². The third-order valence-corrected chi connectivity index (χ3v) is 2.24. The van der Waals surface area contributed by atoms with Crippen molar-refractivity contribution >= 4 is 11.8 Å². The van der Waals surface area contributed by atoms with Crippen molar-refractivity contribution in [1.82, 2.24) is 0 Å². The van der Waals surface area contributed by atoms with Gasteiger partial charge in [-0.05, 0) is 24.1 Å². The maximum Gasteiger partial charge on any atom is 0.376 e. The molecule has 0 spiro atoms. The minimum absolute atomic E-state index is 0.140. The summed E-state index contributed by atoms with van der Waals surface area (Å²) in [6.45, 7) is 1.56. The highest BCUT2D eigenvalue weighted by Crippen LogP contribution is 2.05. The largest absolute Gasteiger partial charge is 0.455 e. The van der Waals surface area contributed by atoms with E-state index in [1.165, 1.54) is 18.2 Å². The molecule has 0 radical (unpaired) electrons. The number of rotatable bonds is 5. The zero-order chi connectivity index (χ0) is 12.8. The first-order chi connectivity index (χ1) is 8.04. The van der Waals surface area contributed by atoms with Gasteiger partial charge >= 0.3 is 5.97 Å². The molecule has 0 aliphatic rings. The maximum atomic E-state index is 12.8. The molecule has 1 aromatic rings. The number of benzene rings is 1. The monoisotopic (exact) mass is 239 g/mol. The summed E-state index contributed by atoms with van der Waals surface area (Å²) in [6.07, 6.45) is 0.369. The first-order valence-corrected chi connectivity index (χ1v) is 5.25. The molecule has 0 saturated heterocycles. The third-order valence-electron chi connectivity index (χ3n) is 2.24. The molecule has 5 heteroatoms. The minimum atomic E-state index is -0.983. The molecule has 0 fully saturated rings. The fourth-order valence-corrected chi connectivity index (χ4v) is 1.18. The summed E-state index contributed by atoms with van der Waals surface area (Å²) < 4.78 is 17.5. The van der Waals surface area contributed by atoms with Gasteiger partial charge in [-0.3, -0.25) is 4.79 Å². The summed E-state index contributed by atoms with van der Waals surface area (Å²) in [5, 5.41) is 0. The van der Waals surface area contributed by atoms with E-state index in [0.717, 1.165) is 0 Å². The smallest absolute Gasteiger partial charge is 0.376 e. The van der Waals surface area contributed by atoms with E-state index in [1.807, 2.05) is 0 Å². The van der Waals surface area contributed by atoms with Gasteiger partial charge in [-0.1, -0.05) is 19.1 Å². The van der Waals surface area contributed by atoms with Crippen molar-refractivity contribution < 1.29 is 18.7 Å². The molecule has 0 amide bonds. The van der Waals surface area contributed by atoms with E-state index in [2.05, 4.69) is 0 Å². The number of ketones is 1. The van der Waals surface area contributed by atoms with Gasteiger partial charge in [0.1, 0.15) is 12.4 Å². The summed E-state index contributed by atoms with van der Waals surface area (Å²) in [6, 6.07) is 4.77. The highest BCUT2D eigenvalue weighted by molar-refractivity contribution is 6.35. The SMILES string of the molecule is CCC(N)C(=O)C(=O)OCc1cccc(F)c1. The van der Waals surface area contributed by atoms with Crippen molar-refractivity contribution in [2.24, 2.45) is 5.73 Å². The van der Waals surface area contributed by atoms with Gasteiger partial charge in [0.05, 0.1) is 6.04 Å². The Morgan fingerprint density at radius 3 is 2.76 bits per heavy atom. The van der Waals surface area contributed by atoms with Crippen molar-refractivity contribution in [2.75, 3.05) is 0 Å². The first-order valence-electron chi connectivity index (χ1n) is 5.25. The second kappa shape index (κ2) is 6.10. The Labute approximate surface area is 98.6 Å². The maximum absolute atomic E-state index is 12.8. The van der Waals surface area contributed by atoms with Crippen LogP contribution in [0.5, 0.6) is 0 Å². The fraction of sp³-hybridized carbons (Fsp3) is 0.333. The van der Waals surface area contributed by atoms with Crippen molar-refractivity contribution in [2.45, 2.75) is 26.0 Å². The van der Waals surface area contributed by atoms with E-state index in [4.69, 9.17) is 10.5 Å². The zero-order valence-corrected chi connectivity index (χ0v) is 9.48. The zero-order valence-electron chi connectivity index (χ0n) is 9.48. The van der Waals surface area contributed by atoms with Gasteiger partial charge < -0.3 is 10.5 Å². The molecule has 1 aromatic carbocycles. The molecule has 2 N–H and O–H groups in total. The van der Waals surface area contributed by atoms with E-state index in [1.54, 1.807) is 13.0 Å². The highest BCUT2D eigenvalue weighted by Gasteiger charge is 2.21. The Bertz CT molecular complexity index is 420. The molecule has 1 atom stereocenters. The summed E-state index contributed by atoms with van der Waals surface area (Å²) in [5.74, 6) is -2.16. The van der Waals surface area contributed by atoms with Gasteiger partial charge in [0.25, 0.3) is 5.78 Å². The summed E-state index contributed by atoms with van der Waals surface area (Å²) in [5.41, 5.74) is 5.88. The second-order valence-corrected chi connectivity index (χ2v) is 3.59. The van der Waals surface area contributed by atoms with Gasteiger partial charge in [0.2, 0.25) is 0 Å². The molecule has 1 rings (SSSR count). The molecule has 1 unspecified atom stereocenters. The molecule has 4 nitrogen and oxygen atoms in total. The van der Waals surface area contributed by atoms with Crippen molar-refractivity contribution in [3.8, 4) is 0 Å². The Morgan fingerprint density at radius 1 is 1.47 bits per heavy atom. The number of carbonyl (C=O) groups excluding carboxylic acids is 2. The van der Waals surface area contributed by atoms with Gasteiger partial charge in [0.15, 0.2) is 0 Å². The van der Waals surface area contributed by atoms with Crippen LogP contribution < -0.4 is 5.73 Å². The predicted octanol–water partition coefficient (Wildman–Crippen LogP) is 1.18. The lowest BCUT2D eigenvalue weighted by molar-refractivity contribution is -0.155. The standard InChI is InChI=1S/C12H14FNO3/c1-2-10(14)11(15)12(16)17-7-8-4-3-5-9(13)6-8/h3-6,10H,2,7,14H2,1H3. The minimum Gasteiger partial charge on any atom is -0.455 e. The molecule has 0 aliphatic heterocycles. The van der Waals surface area contributed by atoms with Crippen LogP contribution in [-0.2, 0) is 20.9 Å². The first kappa shape index (κ1) is 13.3. The van der Waals surface area contributed by atoms with Crippen LogP contribution in [0.3, 0.4) is 0 Å². The molecule has 0 heterocycles. The van der Waals surface area contributed by atoms with Crippen LogP contribution >= 0.6 is 0 Å². The Morgan fingerprint density at radius 2 is 2.18 bits per heavy atom. The quantitative estimate of drug-likeness (QED) is 0.618. The van der Waals surface area contributed by atoms with Gasteiger partial charge in [-0.25, -0.2) is 9.18 Å². The van der Waals surface area contributed by atoms with E-state index >= 15 is 0 Å². The normalized spacial score (nSPS) is 11.9. The van der Waals surface area contributed by atoms with Crippen LogP contribution in [0, 0.1) is 5.82 Å². The van der Waals surface area contributed by atoms with E-state index < -0.39 is 23.6 Å². The Hall–Kier alpha value is -1.75. The summed E-state index contributed by atoms with van der Waals surface area (Å²) in [7, 11) is 0. The van der Waals surface area contributed by atoms with Gasteiger partial charge in [-0.2, -0.15) is 0 Å². The van der Waals surface area contributed by atoms with Crippen LogP contribution in [0.4, 0.5) is 4.39 Å². The summed E-state index contributed by atoms with van der Waals surface area (Å²) in [4.78, 5) is 22.5. The van der Waals surface area contributed by atoms with Crippen LogP contribution in [0.1, 0.15) is 18.9 Å². The van der Waals surface area contributed by atoms with Crippen LogP contribution in [0.25, 0.3) is 0 Å². The fourth-order valence-electron chi connectivity index (χ4n) is 1.18. The number of ether oxygens (including phenoxy) is 1. The number of Topliss-reactive ketones (excluding diaryl/α,β-unsaturated/α-hetero) is 1. The van der Waals surface area contributed by atoms with Gasteiger partial charge in [-0.15, -0.1) is 0 Å². The topological polar surface area (TPSA) is 69.4 Å².